The molecular formula is C30H28N4O3. The van der Waals surface area contributed by atoms with Crippen LogP contribution in [0.3, 0.4) is 0 Å². The van der Waals surface area contributed by atoms with Crippen LogP contribution in [0.5, 0.6) is 0 Å². The second-order valence-corrected chi connectivity index (χ2v) is 9.33. The van der Waals surface area contributed by atoms with Crippen molar-refractivity contribution in [3.63, 3.8) is 0 Å². The average Bonchev–Trinajstić information content (AvgIpc) is 3.33. The molecule has 0 bridgehead atoms. The Hall–Kier alpha value is -4.65. The quantitative estimate of drug-likeness (QED) is 0.300. The highest BCUT2D eigenvalue weighted by atomic mass is 16.2. The number of benzene rings is 3. The molecular weight excluding hydrogens is 464 g/mol. The molecule has 2 heterocycles. The first kappa shape index (κ1) is 24.1. The van der Waals surface area contributed by atoms with Crippen LogP contribution in [-0.2, 0) is 17.8 Å². The van der Waals surface area contributed by atoms with Gasteiger partial charge < -0.3 is 5.32 Å². The number of imide groups is 1. The Kier molecular flexibility index (Phi) is 6.36. The highest BCUT2D eigenvalue weighted by molar-refractivity contribution is 6.13. The molecule has 4 aromatic rings. The average molecular weight is 493 g/mol. The smallest absolute Gasteiger partial charge is 0.303 e. The van der Waals surface area contributed by atoms with Crippen LogP contribution in [-0.4, -0.2) is 26.6 Å². The first-order valence-electron chi connectivity index (χ1n) is 12.2. The van der Waals surface area contributed by atoms with E-state index in [0.29, 0.717) is 17.7 Å². The molecule has 7 heteroatoms. The lowest BCUT2D eigenvalue weighted by Crippen LogP contribution is -2.30. The van der Waals surface area contributed by atoms with Gasteiger partial charge in [-0.2, -0.15) is 0 Å². The summed E-state index contributed by atoms with van der Waals surface area (Å²) in [5.41, 5.74) is 6.58. The number of aromatic nitrogens is 2. The molecule has 1 aliphatic rings. The highest BCUT2D eigenvalue weighted by Gasteiger charge is 2.34. The molecule has 1 saturated heterocycles. The number of H-pyrrole nitrogens is 1. The maximum absolute atomic E-state index is 13.7. The van der Waals surface area contributed by atoms with E-state index >= 15 is 0 Å². The highest BCUT2D eigenvalue weighted by Crippen LogP contribution is 2.22. The Balaban J connectivity index is 1.58. The third-order valence-electron chi connectivity index (χ3n) is 6.89. The van der Waals surface area contributed by atoms with Crippen LogP contribution in [0.4, 0.5) is 4.79 Å². The molecule has 5 rings (SSSR count). The monoisotopic (exact) mass is 492 g/mol. The van der Waals surface area contributed by atoms with Gasteiger partial charge in [0.1, 0.15) is 5.70 Å². The van der Waals surface area contributed by atoms with E-state index in [1.807, 2.05) is 93.6 Å². The second-order valence-electron chi connectivity index (χ2n) is 9.33. The second kappa shape index (κ2) is 9.78. The van der Waals surface area contributed by atoms with Crippen molar-refractivity contribution in [1.29, 1.82) is 0 Å². The van der Waals surface area contributed by atoms with E-state index in [-0.39, 0.29) is 17.8 Å². The van der Waals surface area contributed by atoms with Crippen molar-refractivity contribution in [2.45, 2.75) is 33.7 Å². The molecule has 0 saturated carbocycles. The maximum Gasteiger partial charge on any atom is 0.329 e. The number of nitrogens with zero attached hydrogens (tertiary/aromatic N) is 2. The van der Waals surface area contributed by atoms with Gasteiger partial charge in [0.2, 0.25) is 0 Å². The Bertz CT molecular complexity index is 1590. The van der Waals surface area contributed by atoms with Gasteiger partial charge >= 0.3 is 6.03 Å². The van der Waals surface area contributed by atoms with Crippen LogP contribution in [0.1, 0.15) is 39.1 Å². The largest absolute Gasteiger partial charge is 0.329 e. The summed E-state index contributed by atoms with van der Waals surface area (Å²) in [5, 5.41) is 5.94. The molecule has 186 valence electrons. The van der Waals surface area contributed by atoms with Crippen LogP contribution in [0.25, 0.3) is 11.8 Å². The molecule has 2 N–H and O–H groups in total. The van der Waals surface area contributed by atoms with Crippen molar-refractivity contribution in [2.24, 2.45) is 0 Å². The SMILES string of the molecule is Cc1ccccc1Cc1[nH]n(-c2cccc(C)c2C)c(=O)c1/C=C1\NC(=O)N(Cc2ccccc2)C1=O. The molecule has 0 spiro atoms. The number of aromatic amines is 1. The van der Waals surface area contributed by atoms with Crippen molar-refractivity contribution in [1.82, 2.24) is 20.0 Å². The van der Waals surface area contributed by atoms with Gasteiger partial charge in [-0.1, -0.05) is 66.7 Å². The lowest BCUT2D eigenvalue weighted by Gasteiger charge is -2.11. The van der Waals surface area contributed by atoms with Crippen LogP contribution < -0.4 is 10.9 Å². The molecule has 0 aliphatic carbocycles. The molecule has 7 nitrogen and oxygen atoms in total. The fourth-order valence-electron chi connectivity index (χ4n) is 4.55. The van der Waals surface area contributed by atoms with E-state index in [1.165, 1.54) is 10.8 Å². The third-order valence-corrected chi connectivity index (χ3v) is 6.89. The zero-order valence-electron chi connectivity index (χ0n) is 21.0. The lowest BCUT2D eigenvalue weighted by atomic mass is 10.0. The van der Waals surface area contributed by atoms with E-state index < -0.39 is 11.9 Å². The predicted octanol–water partition coefficient (Wildman–Crippen LogP) is 4.77. The molecule has 3 aromatic carbocycles. The lowest BCUT2D eigenvalue weighted by molar-refractivity contribution is -0.123. The molecule has 1 aromatic heterocycles. The van der Waals surface area contributed by atoms with Crippen molar-refractivity contribution >= 4 is 18.0 Å². The predicted molar refractivity (Wildman–Crippen MR) is 143 cm³/mol. The summed E-state index contributed by atoms with van der Waals surface area (Å²) in [4.78, 5) is 40.7. The summed E-state index contributed by atoms with van der Waals surface area (Å²) in [7, 11) is 0. The summed E-state index contributed by atoms with van der Waals surface area (Å²) < 4.78 is 1.52. The summed E-state index contributed by atoms with van der Waals surface area (Å²) in [5.74, 6) is -0.463. The first-order chi connectivity index (χ1) is 17.8. The number of nitrogens with one attached hydrogen (secondary N) is 2. The van der Waals surface area contributed by atoms with Crippen LogP contribution in [0, 0.1) is 20.8 Å². The van der Waals surface area contributed by atoms with Gasteiger partial charge in [0.25, 0.3) is 11.5 Å². The van der Waals surface area contributed by atoms with Crippen LogP contribution in [0.2, 0.25) is 0 Å². The molecule has 1 aliphatic heterocycles. The van der Waals surface area contributed by atoms with E-state index in [4.69, 9.17) is 0 Å². The fourth-order valence-corrected chi connectivity index (χ4v) is 4.55. The number of urea groups is 1. The Morgan fingerprint density at radius 3 is 2.27 bits per heavy atom. The fraction of sp³-hybridized carbons (Fsp3) is 0.167. The summed E-state index contributed by atoms with van der Waals surface area (Å²) in [6.45, 7) is 6.14. The zero-order valence-corrected chi connectivity index (χ0v) is 21.0. The zero-order chi connectivity index (χ0) is 26.1. The topological polar surface area (TPSA) is 87.2 Å². The van der Waals surface area contributed by atoms with Crippen LogP contribution >= 0.6 is 0 Å². The molecule has 1 fully saturated rings. The summed E-state index contributed by atoms with van der Waals surface area (Å²) in [6.07, 6.45) is 1.97. The standard InChI is InChI=1S/C30H28N4O3/c1-19-11-9-15-27(21(19)3)34-28(35)24(25(32-34)16-23-14-8-7-10-20(23)2)17-26-29(36)33(30(37)31-26)18-22-12-5-4-6-13-22/h4-15,17,32H,16,18H2,1-3H3,(H,31,37)/b26-17-. The summed E-state index contributed by atoms with van der Waals surface area (Å²) in [6, 6.07) is 22.6. The van der Waals surface area contributed by atoms with Crippen LogP contribution in [0.15, 0.2) is 83.3 Å². The molecule has 0 unspecified atom stereocenters. The molecule has 37 heavy (non-hydrogen) atoms. The summed E-state index contributed by atoms with van der Waals surface area (Å²) >= 11 is 0. The van der Waals surface area contributed by atoms with E-state index in [0.717, 1.165) is 38.4 Å². The van der Waals surface area contributed by atoms with Crippen molar-refractivity contribution in [2.75, 3.05) is 0 Å². The van der Waals surface area contributed by atoms with Crippen molar-refractivity contribution in [3.8, 4) is 5.69 Å². The van der Waals surface area contributed by atoms with Gasteiger partial charge in [-0.3, -0.25) is 19.6 Å². The molecule has 0 radical (unpaired) electrons. The number of rotatable bonds is 6. The number of aryl methyl sites for hydroxylation is 2. The van der Waals surface area contributed by atoms with Gasteiger partial charge in [-0.05, 0) is 60.7 Å². The number of hydrogen-bond donors (Lipinski definition) is 2. The maximum atomic E-state index is 13.7. The van der Waals surface area contributed by atoms with E-state index in [2.05, 4.69) is 10.4 Å². The molecule has 3 amide bonds. The van der Waals surface area contributed by atoms with Gasteiger partial charge in [0.15, 0.2) is 0 Å². The minimum atomic E-state index is -0.508. The van der Waals surface area contributed by atoms with Gasteiger partial charge in [-0.25, -0.2) is 9.48 Å². The molecule has 0 atom stereocenters. The first-order valence-corrected chi connectivity index (χ1v) is 12.2. The number of amides is 3. The third kappa shape index (κ3) is 4.63. The van der Waals surface area contributed by atoms with E-state index in [9.17, 15) is 14.4 Å². The number of carbonyl (C=O) groups is 2. The van der Waals surface area contributed by atoms with Crippen molar-refractivity contribution in [3.05, 3.63) is 128 Å². The Labute approximate surface area is 215 Å². The van der Waals surface area contributed by atoms with Gasteiger partial charge in [0, 0.05) is 12.1 Å². The minimum Gasteiger partial charge on any atom is -0.303 e. The normalized spacial score (nSPS) is 14.5. The van der Waals surface area contributed by atoms with E-state index in [1.54, 1.807) is 0 Å². The number of carbonyl (C=O) groups excluding carboxylic acids is 2. The van der Waals surface area contributed by atoms with Gasteiger partial charge in [-0.15, -0.1) is 0 Å². The van der Waals surface area contributed by atoms with Gasteiger partial charge in [0.05, 0.1) is 17.8 Å². The Morgan fingerprint density at radius 1 is 0.811 bits per heavy atom. The Morgan fingerprint density at radius 2 is 1.51 bits per heavy atom. The number of hydrogen-bond acceptors (Lipinski definition) is 3. The minimum absolute atomic E-state index is 0.0798. The van der Waals surface area contributed by atoms with Crippen molar-refractivity contribution < 1.29 is 9.59 Å².